The first-order chi connectivity index (χ1) is 19.2. The van der Waals surface area contributed by atoms with Crippen LogP contribution in [0, 0.1) is 6.92 Å². The molecule has 0 saturated heterocycles. The predicted molar refractivity (Wildman–Crippen MR) is 161 cm³/mol. The highest BCUT2D eigenvalue weighted by Crippen LogP contribution is 2.30. The number of carbonyl (C=O) groups excluding carboxylic acids is 1. The van der Waals surface area contributed by atoms with Gasteiger partial charge in [0.25, 0.3) is 5.91 Å². The Morgan fingerprint density at radius 1 is 1.02 bits per heavy atom. The molecule has 0 fully saturated rings. The Bertz CT molecular complexity index is 1470. The first kappa shape index (κ1) is 28.9. The van der Waals surface area contributed by atoms with Crippen molar-refractivity contribution in [2.24, 2.45) is 5.10 Å². The highest BCUT2D eigenvalue weighted by molar-refractivity contribution is 7.99. The molecule has 0 aliphatic heterocycles. The first-order valence-corrected chi connectivity index (χ1v) is 14.1. The van der Waals surface area contributed by atoms with Gasteiger partial charge in [-0.2, -0.15) is 5.10 Å². The lowest BCUT2D eigenvalue weighted by Gasteiger charge is -2.19. The van der Waals surface area contributed by atoms with Crippen LogP contribution in [0.5, 0.6) is 11.5 Å². The van der Waals surface area contributed by atoms with E-state index in [1.54, 1.807) is 19.4 Å². The molecule has 0 unspecified atom stereocenters. The van der Waals surface area contributed by atoms with Gasteiger partial charge in [-0.05, 0) is 60.7 Å². The third-order valence-corrected chi connectivity index (χ3v) is 7.09. The number of aryl methyl sites for hydroxylation is 1. The number of ether oxygens (including phenoxy) is 2. The summed E-state index contributed by atoms with van der Waals surface area (Å²) in [6.07, 6.45) is 1.56. The van der Waals surface area contributed by atoms with Gasteiger partial charge in [0.15, 0.2) is 22.5 Å². The number of thioether (sulfide) groups is 1. The molecule has 8 nitrogen and oxygen atoms in total. The monoisotopic (exact) mass is 557 g/mol. The summed E-state index contributed by atoms with van der Waals surface area (Å²) in [5, 5.41) is 13.7. The largest absolute Gasteiger partial charge is 0.493 e. The second kappa shape index (κ2) is 12.8. The molecule has 40 heavy (non-hydrogen) atoms. The van der Waals surface area contributed by atoms with E-state index in [9.17, 15) is 4.79 Å². The molecular weight excluding hydrogens is 522 g/mol. The zero-order chi connectivity index (χ0) is 28.7. The second-order valence-corrected chi connectivity index (χ2v) is 11.2. The average Bonchev–Trinajstić information content (AvgIpc) is 3.36. The van der Waals surface area contributed by atoms with Crippen molar-refractivity contribution in [3.05, 3.63) is 83.4 Å². The molecule has 0 aliphatic rings. The Hall–Kier alpha value is -4.11. The van der Waals surface area contributed by atoms with Crippen molar-refractivity contribution in [2.45, 2.75) is 45.2 Å². The standard InChI is InChI=1S/C31H35N5O3S/c1-7-39-26-17-10-22(18-27(26)38-6)19-32-33-28(37)20-40-30-35-34-29(36(30)25-15-8-21(2)9-16-25)23-11-13-24(14-12-23)31(3,4)5/h8-19H,7,20H2,1-6H3,(H,33,37)/b32-19-. The van der Waals surface area contributed by atoms with Crippen molar-refractivity contribution in [2.75, 3.05) is 19.5 Å². The van der Waals surface area contributed by atoms with Crippen LogP contribution in [-0.2, 0) is 10.2 Å². The summed E-state index contributed by atoms with van der Waals surface area (Å²) >= 11 is 1.30. The van der Waals surface area contributed by atoms with Crippen molar-refractivity contribution in [3.8, 4) is 28.6 Å². The molecule has 1 aromatic heterocycles. The zero-order valence-corrected chi connectivity index (χ0v) is 24.6. The Balaban J connectivity index is 1.49. The fraction of sp³-hybridized carbons (Fsp3) is 0.290. The molecule has 3 aromatic carbocycles. The maximum absolute atomic E-state index is 12.6. The SMILES string of the molecule is CCOc1ccc(/C=N\NC(=O)CSc2nnc(-c3ccc(C(C)(C)C)cc3)n2-c2ccc(C)cc2)cc1OC. The Morgan fingerprint density at radius 2 is 1.75 bits per heavy atom. The van der Waals surface area contributed by atoms with E-state index in [1.807, 2.05) is 54.8 Å². The maximum atomic E-state index is 12.6. The Kier molecular flexibility index (Phi) is 9.26. The molecule has 0 bridgehead atoms. The molecule has 1 heterocycles. The minimum atomic E-state index is -0.256. The first-order valence-electron chi connectivity index (χ1n) is 13.1. The van der Waals surface area contributed by atoms with E-state index in [2.05, 4.69) is 65.8 Å². The van der Waals surface area contributed by atoms with E-state index in [4.69, 9.17) is 9.47 Å². The van der Waals surface area contributed by atoms with Gasteiger partial charge in [0.05, 0.1) is 25.7 Å². The van der Waals surface area contributed by atoms with E-state index in [-0.39, 0.29) is 17.1 Å². The van der Waals surface area contributed by atoms with Gasteiger partial charge in [-0.1, -0.05) is 74.5 Å². The minimum absolute atomic E-state index is 0.0546. The summed E-state index contributed by atoms with van der Waals surface area (Å²) in [6.45, 7) is 11.1. The molecule has 0 atom stereocenters. The molecule has 1 N–H and O–H groups in total. The number of hydrazone groups is 1. The summed E-state index contributed by atoms with van der Waals surface area (Å²) in [5.41, 5.74) is 7.69. The number of hydrogen-bond donors (Lipinski definition) is 1. The topological polar surface area (TPSA) is 90.6 Å². The molecule has 4 aromatic rings. The second-order valence-electron chi connectivity index (χ2n) is 10.2. The smallest absolute Gasteiger partial charge is 0.250 e. The predicted octanol–water partition coefficient (Wildman–Crippen LogP) is 6.19. The number of nitrogens with zero attached hydrogens (tertiary/aromatic N) is 4. The lowest BCUT2D eigenvalue weighted by molar-refractivity contribution is -0.118. The molecule has 9 heteroatoms. The molecule has 208 valence electrons. The molecule has 0 aliphatic carbocycles. The van der Waals surface area contributed by atoms with Gasteiger partial charge in [-0.3, -0.25) is 9.36 Å². The number of amides is 1. The van der Waals surface area contributed by atoms with E-state index in [0.29, 0.717) is 23.3 Å². The van der Waals surface area contributed by atoms with Crippen molar-refractivity contribution in [3.63, 3.8) is 0 Å². The minimum Gasteiger partial charge on any atom is -0.493 e. The van der Waals surface area contributed by atoms with Crippen molar-refractivity contribution in [1.29, 1.82) is 0 Å². The molecule has 4 rings (SSSR count). The summed E-state index contributed by atoms with van der Waals surface area (Å²) < 4.78 is 12.9. The molecule has 1 amide bonds. The fourth-order valence-corrected chi connectivity index (χ4v) is 4.72. The highest BCUT2D eigenvalue weighted by atomic mass is 32.2. The number of aromatic nitrogens is 3. The van der Waals surface area contributed by atoms with Gasteiger partial charge in [0.1, 0.15) is 0 Å². The van der Waals surface area contributed by atoms with Crippen molar-refractivity contribution >= 4 is 23.9 Å². The van der Waals surface area contributed by atoms with Gasteiger partial charge in [0.2, 0.25) is 0 Å². The van der Waals surface area contributed by atoms with Gasteiger partial charge >= 0.3 is 0 Å². The van der Waals surface area contributed by atoms with Crippen LogP contribution in [0.15, 0.2) is 77.0 Å². The van der Waals surface area contributed by atoms with Gasteiger partial charge in [-0.15, -0.1) is 10.2 Å². The summed E-state index contributed by atoms with van der Waals surface area (Å²) in [4.78, 5) is 12.6. The number of rotatable bonds is 10. The van der Waals surface area contributed by atoms with Crippen LogP contribution < -0.4 is 14.9 Å². The van der Waals surface area contributed by atoms with E-state index in [1.165, 1.54) is 17.3 Å². The summed E-state index contributed by atoms with van der Waals surface area (Å²) in [6, 6.07) is 22.0. The molecule has 0 spiro atoms. The Labute approximate surface area is 239 Å². The van der Waals surface area contributed by atoms with Crippen LogP contribution in [0.2, 0.25) is 0 Å². The average molecular weight is 558 g/mol. The van der Waals surface area contributed by atoms with Crippen LogP contribution in [0.1, 0.15) is 44.4 Å². The number of carbonyl (C=O) groups is 1. The number of hydrogen-bond acceptors (Lipinski definition) is 7. The maximum Gasteiger partial charge on any atom is 0.250 e. The van der Waals surface area contributed by atoms with Crippen molar-refractivity contribution < 1.29 is 14.3 Å². The lowest BCUT2D eigenvalue weighted by Crippen LogP contribution is -2.20. The van der Waals surface area contributed by atoms with Gasteiger partial charge < -0.3 is 9.47 Å². The Morgan fingerprint density at radius 3 is 2.40 bits per heavy atom. The van der Waals surface area contributed by atoms with Crippen LogP contribution in [-0.4, -0.2) is 46.4 Å². The normalized spacial score (nSPS) is 11.6. The van der Waals surface area contributed by atoms with Gasteiger partial charge in [-0.25, -0.2) is 5.43 Å². The summed E-state index contributed by atoms with van der Waals surface area (Å²) in [5.74, 6) is 1.84. The molecular formula is C31H35N5O3S. The highest BCUT2D eigenvalue weighted by Gasteiger charge is 2.19. The van der Waals surface area contributed by atoms with E-state index >= 15 is 0 Å². The quantitative estimate of drug-likeness (QED) is 0.142. The third-order valence-electron chi connectivity index (χ3n) is 6.16. The zero-order valence-electron chi connectivity index (χ0n) is 23.8. The van der Waals surface area contributed by atoms with Crippen LogP contribution in [0.25, 0.3) is 17.1 Å². The molecule has 0 saturated carbocycles. The number of nitrogens with one attached hydrogen (secondary N) is 1. The molecule has 0 radical (unpaired) electrons. The van der Waals surface area contributed by atoms with Crippen molar-refractivity contribution in [1.82, 2.24) is 20.2 Å². The van der Waals surface area contributed by atoms with E-state index in [0.717, 1.165) is 28.2 Å². The fourth-order valence-electron chi connectivity index (χ4n) is 3.98. The van der Waals surface area contributed by atoms with Crippen LogP contribution in [0.4, 0.5) is 0 Å². The van der Waals surface area contributed by atoms with Crippen LogP contribution in [0.3, 0.4) is 0 Å². The van der Waals surface area contributed by atoms with Gasteiger partial charge in [0, 0.05) is 11.3 Å². The lowest BCUT2D eigenvalue weighted by atomic mass is 9.87. The number of benzene rings is 3. The third kappa shape index (κ3) is 7.09. The summed E-state index contributed by atoms with van der Waals surface area (Å²) in [7, 11) is 1.58. The van der Waals surface area contributed by atoms with Crippen LogP contribution >= 0.6 is 11.8 Å². The number of methoxy groups -OCH3 is 1. The van der Waals surface area contributed by atoms with E-state index < -0.39 is 0 Å².